The molecular formula is C25H25FO3. The lowest BCUT2D eigenvalue weighted by atomic mass is 9.98. The lowest BCUT2D eigenvalue weighted by Gasteiger charge is -2.12. The van der Waals surface area contributed by atoms with Gasteiger partial charge in [-0.05, 0) is 52.9 Å². The van der Waals surface area contributed by atoms with Crippen LogP contribution in [0.3, 0.4) is 0 Å². The van der Waals surface area contributed by atoms with Gasteiger partial charge in [0.15, 0.2) is 6.29 Å². The molecule has 29 heavy (non-hydrogen) atoms. The van der Waals surface area contributed by atoms with Crippen molar-refractivity contribution in [1.29, 1.82) is 0 Å². The van der Waals surface area contributed by atoms with E-state index >= 15 is 0 Å². The molecular weight excluding hydrogens is 367 g/mol. The van der Waals surface area contributed by atoms with E-state index in [-0.39, 0.29) is 5.82 Å². The van der Waals surface area contributed by atoms with Gasteiger partial charge >= 0.3 is 0 Å². The maximum absolute atomic E-state index is 13.1. The van der Waals surface area contributed by atoms with Crippen molar-refractivity contribution in [3.8, 4) is 16.9 Å². The number of carbonyl (C=O) groups is 1. The Hall–Kier alpha value is -2.98. The zero-order chi connectivity index (χ0) is 20.5. The minimum Gasteiger partial charge on any atom is -0.493 e. The first-order valence-corrected chi connectivity index (χ1v) is 9.83. The highest BCUT2D eigenvalue weighted by molar-refractivity contribution is 5.79. The normalized spacial score (nSPS) is 10.7. The van der Waals surface area contributed by atoms with Crippen LogP contribution < -0.4 is 4.74 Å². The Morgan fingerprint density at radius 3 is 2.41 bits per heavy atom. The van der Waals surface area contributed by atoms with Crippen molar-refractivity contribution in [3.63, 3.8) is 0 Å². The van der Waals surface area contributed by atoms with E-state index < -0.39 is 0 Å². The molecule has 0 fully saturated rings. The van der Waals surface area contributed by atoms with Gasteiger partial charge in [0.05, 0.1) is 25.4 Å². The third kappa shape index (κ3) is 5.75. The van der Waals surface area contributed by atoms with Crippen LogP contribution in [0.25, 0.3) is 11.1 Å². The Balaban J connectivity index is 1.49. The lowest BCUT2D eigenvalue weighted by molar-refractivity contribution is 0.106. The van der Waals surface area contributed by atoms with Gasteiger partial charge in [0.2, 0.25) is 0 Å². The number of para-hydroxylation sites is 1. The molecule has 3 aromatic rings. The topological polar surface area (TPSA) is 35.5 Å². The summed E-state index contributed by atoms with van der Waals surface area (Å²) in [6, 6.07) is 20.0. The van der Waals surface area contributed by atoms with E-state index in [9.17, 15) is 9.18 Å². The quantitative estimate of drug-likeness (QED) is 0.320. The minimum atomic E-state index is -0.229. The SMILES string of the molecule is CCc1cc(-c2ccc(F)cc2)ccc1COCCCOc1ccccc1C=O. The monoisotopic (exact) mass is 392 g/mol. The van der Waals surface area contributed by atoms with Gasteiger partial charge in [-0.25, -0.2) is 4.39 Å². The third-order valence-corrected chi connectivity index (χ3v) is 4.76. The van der Waals surface area contributed by atoms with Crippen LogP contribution in [0.1, 0.15) is 34.8 Å². The fourth-order valence-corrected chi connectivity index (χ4v) is 3.15. The van der Waals surface area contributed by atoms with E-state index in [1.807, 2.05) is 18.2 Å². The van der Waals surface area contributed by atoms with Gasteiger partial charge in [0.1, 0.15) is 11.6 Å². The van der Waals surface area contributed by atoms with Gasteiger partial charge in [-0.15, -0.1) is 0 Å². The molecule has 0 aliphatic heterocycles. The van der Waals surface area contributed by atoms with Crippen LogP contribution in [-0.2, 0) is 17.8 Å². The number of rotatable bonds is 10. The summed E-state index contributed by atoms with van der Waals surface area (Å²) < 4.78 is 24.6. The van der Waals surface area contributed by atoms with Crippen molar-refractivity contribution in [2.24, 2.45) is 0 Å². The molecule has 0 unspecified atom stereocenters. The van der Waals surface area contributed by atoms with Crippen LogP contribution in [0.2, 0.25) is 0 Å². The predicted molar refractivity (Wildman–Crippen MR) is 113 cm³/mol. The molecule has 3 aromatic carbocycles. The Bertz CT molecular complexity index is 935. The van der Waals surface area contributed by atoms with Crippen LogP contribution in [0.5, 0.6) is 5.75 Å². The molecule has 0 saturated carbocycles. The summed E-state index contributed by atoms with van der Waals surface area (Å²) in [5.74, 6) is 0.375. The smallest absolute Gasteiger partial charge is 0.153 e. The second kappa shape index (κ2) is 10.5. The fraction of sp³-hybridized carbons (Fsp3) is 0.240. The number of aldehydes is 1. The van der Waals surface area contributed by atoms with E-state index in [1.165, 1.54) is 17.7 Å². The molecule has 0 atom stereocenters. The van der Waals surface area contributed by atoms with Crippen LogP contribution >= 0.6 is 0 Å². The van der Waals surface area contributed by atoms with Crippen LogP contribution in [-0.4, -0.2) is 19.5 Å². The molecule has 0 heterocycles. The standard InChI is InChI=1S/C25H25FO3/c1-2-19-16-21(20-10-12-24(26)13-11-20)8-9-23(19)18-28-14-5-15-29-25-7-4-3-6-22(25)17-27/h3-4,6-13,16-17H,2,5,14-15,18H2,1H3. The molecule has 4 heteroatoms. The highest BCUT2D eigenvalue weighted by Crippen LogP contribution is 2.24. The van der Waals surface area contributed by atoms with Crippen molar-refractivity contribution < 1.29 is 18.7 Å². The number of hydrogen-bond acceptors (Lipinski definition) is 3. The molecule has 0 aromatic heterocycles. The van der Waals surface area contributed by atoms with Gasteiger partial charge in [-0.2, -0.15) is 0 Å². The summed E-state index contributed by atoms with van der Waals surface area (Å²) in [4.78, 5) is 11.0. The van der Waals surface area contributed by atoms with E-state index in [2.05, 4.69) is 19.1 Å². The van der Waals surface area contributed by atoms with Gasteiger partial charge < -0.3 is 9.47 Å². The van der Waals surface area contributed by atoms with Crippen LogP contribution in [0.15, 0.2) is 66.7 Å². The molecule has 0 radical (unpaired) electrons. The number of benzene rings is 3. The Morgan fingerprint density at radius 2 is 1.66 bits per heavy atom. The summed E-state index contributed by atoms with van der Waals surface area (Å²) >= 11 is 0. The third-order valence-electron chi connectivity index (χ3n) is 4.76. The van der Waals surface area contributed by atoms with Gasteiger partial charge in [0.25, 0.3) is 0 Å². The molecule has 0 spiro atoms. The highest BCUT2D eigenvalue weighted by atomic mass is 19.1. The molecule has 0 amide bonds. The first-order chi connectivity index (χ1) is 14.2. The molecule has 0 N–H and O–H groups in total. The average Bonchev–Trinajstić information content (AvgIpc) is 2.77. The van der Waals surface area contributed by atoms with Crippen molar-refractivity contribution >= 4 is 6.29 Å². The van der Waals surface area contributed by atoms with E-state index in [4.69, 9.17) is 9.47 Å². The maximum Gasteiger partial charge on any atom is 0.153 e. The van der Waals surface area contributed by atoms with E-state index in [0.29, 0.717) is 31.1 Å². The number of carbonyl (C=O) groups excluding carboxylic acids is 1. The summed E-state index contributed by atoms with van der Waals surface area (Å²) in [5, 5.41) is 0. The summed E-state index contributed by atoms with van der Waals surface area (Å²) in [7, 11) is 0. The second-order valence-corrected chi connectivity index (χ2v) is 6.75. The summed E-state index contributed by atoms with van der Waals surface area (Å²) in [6.07, 6.45) is 2.44. The van der Waals surface area contributed by atoms with E-state index in [0.717, 1.165) is 35.8 Å². The lowest BCUT2D eigenvalue weighted by Crippen LogP contribution is -2.05. The largest absolute Gasteiger partial charge is 0.493 e. The molecule has 0 saturated heterocycles. The van der Waals surface area contributed by atoms with E-state index in [1.54, 1.807) is 24.3 Å². The van der Waals surface area contributed by atoms with Crippen molar-refractivity contribution in [1.82, 2.24) is 0 Å². The second-order valence-electron chi connectivity index (χ2n) is 6.75. The van der Waals surface area contributed by atoms with Gasteiger partial charge in [0, 0.05) is 6.42 Å². The van der Waals surface area contributed by atoms with Crippen LogP contribution in [0, 0.1) is 5.82 Å². The number of aryl methyl sites for hydroxylation is 1. The molecule has 3 nitrogen and oxygen atoms in total. The van der Waals surface area contributed by atoms with Crippen molar-refractivity contribution in [2.45, 2.75) is 26.4 Å². The maximum atomic E-state index is 13.1. The molecule has 0 aliphatic carbocycles. The fourth-order valence-electron chi connectivity index (χ4n) is 3.15. The van der Waals surface area contributed by atoms with Crippen LogP contribution in [0.4, 0.5) is 4.39 Å². The Kier molecular flexibility index (Phi) is 7.54. The first kappa shape index (κ1) is 20.7. The van der Waals surface area contributed by atoms with Crippen molar-refractivity contribution in [2.75, 3.05) is 13.2 Å². The molecule has 0 bridgehead atoms. The van der Waals surface area contributed by atoms with Gasteiger partial charge in [-0.3, -0.25) is 4.79 Å². The van der Waals surface area contributed by atoms with Crippen molar-refractivity contribution in [3.05, 3.63) is 89.2 Å². The molecule has 150 valence electrons. The molecule has 3 rings (SSSR count). The average molecular weight is 392 g/mol. The predicted octanol–water partition coefficient (Wildman–Crippen LogP) is 5.85. The van der Waals surface area contributed by atoms with Gasteiger partial charge in [-0.1, -0.05) is 49.4 Å². The summed E-state index contributed by atoms with van der Waals surface area (Å²) in [6.45, 7) is 3.73. The zero-order valence-electron chi connectivity index (χ0n) is 16.6. The highest BCUT2D eigenvalue weighted by Gasteiger charge is 2.06. The Labute approximate surface area is 171 Å². The number of halogens is 1. The summed E-state index contributed by atoms with van der Waals surface area (Å²) in [5.41, 5.74) is 5.02. The minimum absolute atomic E-state index is 0.229. The number of ether oxygens (including phenoxy) is 2. The first-order valence-electron chi connectivity index (χ1n) is 9.83. The number of hydrogen-bond donors (Lipinski definition) is 0. The Morgan fingerprint density at radius 1 is 0.897 bits per heavy atom. The molecule has 0 aliphatic rings. The zero-order valence-corrected chi connectivity index (χ0v) is 16.6.